The number of hydrogen-bond acceptors (Lipinski definition) is 4. The normalized spacial score (nSPS) is 18.3. The fourth-order valence-electron chi connectivity index (χ4n) is 3.84. The molecule has 3 aromatic rings. The first-order valence-corrected chi connectivity index (χ1v) is 9.33. The summed E-state index contributed by atoms with van der Waals surface area (Å²) in [5.74, 6) is 3.54. The standard InChI is InChI=1S/C20H26N6/c1-16-21-10-12-26(16)15-19-22-23-20(24(19)2)18-9-6-11-25(14-18)13-17-7-4-3-5-8-17/h3-5,7-8,10,12,18H,6,9,11,13-15H2,1-2H3/t18-/m0/s1. The monoisotopic (exact) mass is 350 g/mol. The highest BCUT2D eigenvalue weighted by Gasteiger charge is 2.26. The van der Waals surface area contributed by atoms with Gasteiger partial charge >= 0.3 is 0 Å². The molecule has 4 rings (SSSR count). The minimum absolute atomic E-state index is 0.447. The van der Waals surface area contributed by atoms with Crippen molar-refractivity contribution in [3.05, 3.63) is 65.8 Å². The van der Waals surface area contributed by atoms with Gasteiger partial charge in [-0.05, 0) is 31.9 Å². The maximum absolute atomic E-state index is 4.54. The fraction of sp³-hybridized carbons (Fsp3) is 0.450. The molecule has 0 bridgehead atoms. The van der Waals surface area contributed by atoms with E-state index in [1.165, 1.54) is 18.4 Å². The highest BCUT2D eigenvalue weighted by atomic mass is 15.3. The van der Waals surface area contributed by atoms with Gasteiger partial charge in [0.2, 0.25) is 0 Å². The average molecular weight is 350 g/mol. The van der Waals surface area contributed by atoms with Gasteiger partial charge in [-0.1, -0.05) is 30.3 Å². The first-order valence-electron chi connectivity index (χ1n) is 9.33. The van der Waals surface area contributed by atoms with Crippen molar-refractivity contribution in [3.8, 4) is 0 Å². The predicted octanol–water partition coefficient (Wildman–Crippen LogP) is 2.75. The zero-order valence-electron chi connectivity index (χ0n) is 15.5. The molecule has 1 aromatic carbocycles. The maximum atomic E-state index is 4.54. The summed E-state index contributed by atoms with van der Waals surface area (Å²) in [6.07, 6.45) is 6.21. The molecule has 136 valence electrons. The van der Waals surface area contributed by atoms with E-state index in [-0.39, 0.29) is 0 Å². The highest BCUT2D eigenvalue weighted by molar-refractivity contribution is 5.15. The summed E-state index contributed by atoms with van der Waals surface area (Å²) in [6.45, 7) is 5.95. The largest absolute Gasteiger partial charge is 0.328 e. The molecule has 0 N–H and O–H groups in total. The van der Waals surface area contributed by atoms with Crippen LogP contribution >= 0.6 is 0 Å². The second kappa shape index (κ2) is 7.41. The van der Waals surface area contributed by atoms with E-state index in [1.54, 1.807) is 0 Å². The Kier molecular flexibility index (Phi) is 4.84. The fourth-order valence-corrected chi connectivity index (χ4v) is 3.84. The molecule has 6 nitrogen and oxygen atoms in total. The second-order valence-corrected chi connectivity index (χ2v) is 7.20. The van der Waals surface area contributed by atoms with Crippen LogP contribution in [-0.2, 0) is 20.1 Å². The van der Waals surface area contributed by atoms with Crippen molar-refractivity contribution in [2.45, 2.75) is 38.8 Å². The number of hydrogen-bond donors (Lipinski definition) is 0. The van der Waals surface area contributed by atoms with Gasteiger partial charge in [0, 0.05) is 38.4 Å². The Balaban J connectivity index is 1.46. The van der Waals surface area contributed by atoms with Gasteiger partial charge in [-0.2, -0.15) is 0 Å². The van der Waals surface area contributed by atoms with Crippen LogP contribution in [0.15, 0.2) is 42.7 Å². The number of benzene rings is 1. The number of aromatic nitrogens is 5. The zero-order valence-corrected chi connectivity index (χ0v) is 15.5. The Morgan fingerprint density at radius 1 is 1.12 bits per heavy atom. The molecule has 0 saturated carbocycles. The molecule has 6 heteroatoms. The minimum atomic E-state index is 0.447. The van der Waals surface area contributed by atoms with Gasteiger partial charge < -0.3 is 9.13 Å². The number of piperidine rings is 1. The highest BCUT2D eigenvalue weighted by Crippen LogP contribution is 2.26. The van der Waals surface area contributed by atoms with E-state index in [9.17, 15) is 0 Å². The van der Waals surface area contributed by atoms with Crippen molar-refractivity contribution in [1.82, 2.24) is 29.2 Å². The van der Waals surface area contributed by atoms with Gasteiger partial charge in [-0.25, -0.2) is 4.98 Å². The number of rotatable bonds is 5. The van der Waals surface area contributed by atoms with E-state index in [1.807, 2.05) is 19.3 Å². The summed E-state index contributed by atoms with van der Waals surface area (Å²) in [5, 5.41) is 9.01. The lowest BCUT2D eigenvalue weighted by Crippen LogP contribution is -2.34. The van der Waals surface area contributed by atoms with Gasteiger partial charge in [0.05, 0.1) is 6.54 Å². The van der Waals surface area contributed by atoms with Gasteiger partial charge in [0.1, 0.15) is 11.6 Å². The van der Waals surface area contributed by atoms with Crippen molar-refractivity contribution in [1.29, 1.82) is 0 Å². The maximum Gasteiger partial charge on any atom is 0.152 e. The number of imidazole rings is 1. The molecule has 0 unspecified atom stereocenters. The third-order valence-corrected chi connectivity index (χ3v) is 5.35. The first kappa shape index (κ1) is 17.0. The van der Waals surface area contributed by atoms with E-state index < -0.39 is 0 Å². The molecule has 1 fully saturated rings. The Morgan fingerprint density at radius 2 is 1.96 bits per heavy atom. The van der Waals surface area contributed by atoms with Crippen molar-refractivity contribution in [2.75, 3.05) is 13.1 Å². The molecular formula is C20H26N6. The van der Waals surface area contributed by atoms with Gasteiger partial charge in [0.25, 0.3) is 0 Å². The number of likely N-dealkylation sites (tertiary alicyclic amines) is 1. The summed E-state index contributed by atoms with van der Waals surface area (Å²) < 4.78 is 4.28. The Bertz CT molecular complexity index is 850. The summed E-state index contributed by atoms with van der Waals surface area (Å²) in [4.78, 5) is 6.83. The molecule has 1 saturated heterocycles. The lowest BCUT2D eigenvalue weighted by atomic mass is 9.96. The summed E-state index contributed by atoms with van der Waals surface area (Å²) >= 11 is 0. The van der Waals surface area contributed by atoms with Crippen LogP contribution in [0.4, 0.5) is 0 Å². The molecule has 0 aliphatic carbocycles. The van der Waals surface area contributed by atoms with E-state index in [4.69, 9.17) is 0 Å². The zero-order chi connectivity index (χ0) is 17.9. The van der Waals surface area contributed by atoms with Crippen LogP contribution < -0.4 is 0 Å². The molecule has 1 atom stereocenters. The van der Waals surface area contributed by atoms with Crippen LogP contribution in [0.3, 0.4) is 0 Å². The van der Waals surface area contributed by atoms with Crippen LogP contribution in [0.25, 0.3) is 0 Å². The quantitative estimate of drug-likeness (QED) is 0.710. The Hall–Kier alpha value is -2.47. The summed E-state index contributed by atoms with van der Waals surface area (Å²) in [7, 11) is 2.09. The SMILES string of the molecule is Cc1nccn1Cc1nnc([C@H]2CCCN(Cc3ccccc3)C2)n1C. The molecular weight excluding hydrogens is 324 g/mol. The van der Waals surface area contributed by atoms with Crippen LogP contribution in [0.5, 0.6) is 0 Å². The molecule has 1 aliphatic heterocycles. The summed E-state index contributed by atoms with van der Waals surface area (Å²) in [6, 6.07) is 10.7. The number of aryl methyl sites for hydroxylation is 1. The summed E-state index contributed by atoms with van der Waals surface area (Å²) in [5.41, 5.74) is 1.38. The van der Waals surface area contributed by atoms with E-state index >= 15 is 0 Å². The predicted molar refractivity (Wildman–Crippen MR) is 101 cm³/mol. The third kappa shape index (κ3) is 3.55. The van der Waals surface area contributed by atoms with Crippen molar-refractivity contribution in [2.24, 2.45) is 7.05 Å². The molecule has 3 heterocycles. The van der Waals surface area contributed by atoms with Crippen LogP contribution in [0, 0.1) is 6.92 Å². The van der Waals surface area contributed by atoms with Crippen LogP contribution in [0.1, 0.15) is 41.8 Å². The lowest BCUT2D eigenvalue weighted by Gasteiger charge is -2.32. The molecule has 1 aliphatic rings. The smallest absolute Gasteiger partial charge is 0.152 e. The average Bonchev–Trinajstić information content (AvgIpc) is 3.23. The number of nitrogens with zero attached hydrogens (tertiary/aromatic N) is 6. The Morgan fingerprint density at radius 3 is 2.73 bits per heavy atom. The molecule has 2 aromatic heterocycles. The van der Waals surface area contributed by atoms with Crippen molar-refractivity contribution in [3.63, 3.8) is 0 Å². The molecule has 0 spiro atoms. The van der Waals surface area contributed by atoms with Gasteiger partial charge in [-0.15, -0.1) is 10.2 Å². The molecule has 0 amide bonds. The first-order chi connectivity index (χ1) is 12.7. The third-order valence-electron chi connectivity index (χ3n) is 5.35. The minimum Gasteiger partial charge on any atom is -0.328 e. The van der Waals surface area contributed by atoms with E-state index in [2.05, 4.69) is 66.6 Å². The van der Waals surface area contributed by atoms with Gasteiger partial charge in [0.15, 0.2) is 5.82 Å². The van der Waals surface area contributed by atoms with Crippen molar-refractivity contribution >= 4 is 0 Å². The second-order valence-electron chi connectivity index (χ2n) is 7.20. The lowest BCUT2D eigenvalue weighted by molar-refractivity contribution is 0.195. The molecule has 26 heavy (non-hydrogen) atoms. The van der Waals surface area contributed by atoms with Crippen molar-refractivity contribution < 1.29 is 0 Å². The van der Waals surface area contributed by atoms with Gasteiger partial charge in [-0.3, -0.25) is 4.90 Å². The van der Waals surface area contributed by atoms with E-state index in [0.29, 0.717) is 5.92 Å². The van der Waals surface area contributed by atoms with Crippen LogP contribution in [-0.4, -0.2) is 42.3 Å². The topological polar surface area (TPSA) is 51.8 Å². The molecule has 0 radical (unpaired) electrons. The Labute approximate surface area is 154 Å². The van der Waals surface area contributed by atoms with Crippen LogP contribution in [0.2, 0.25) is 0 Å². The van der Waals surface area contributed by atoms with E-state index in [0.717, 1.165) is 43.7 Å².